The van der Waals surface area contributed by atoms with E-state index in [1.165, 1.54) is 5.56 Å². The van der Waals surface area contributed by atoms with Crippen LogP contribution in [0, 0.1) is 18.3 Å². The molecule has 0 saturated carbocycles. The Kier molecular flexibility index (Phi) is 3.86. The highest BCUT2D eigenvalue weighted by atomic mass is 16.5. The topological polar surface area (TPSA) is 50.8 Å². The minimum absolute atomic E-state index is 0.521. The molecule has 2 aromatic rings. The number of aryl methyl sites for hydroxylation is 3. The molecule has 0 unspecified atom stereocenters. The molecule has 0 atom stereocenters. The Morgan fingerprint density at radius 2 is 2.16 bits per heavy atom. The van der Waals surface area contributed by atoms with Crippen LogP contribution in [0.3, 0.4) is 0 Å². The van der Waals surface area contributed by atoms with Gasteiger partial charge in [0.25, 0.3) is 0 Å². The van der Waals surface area contributed by atoms with Crippen molar-refractivity contribution in [2.75, 3.05) is 7.11 Å². The second kappa shape index (κ2) is 5.57. The number of methoxy groups -OCH3 is 1. The summed E-state index contributed by atoms with van der Waals surface area (Å²) in [5.41, 5.74) is 3.87. The third-order valence-corrected chi connectivity index (χ3v) is 3.27. The SMILES string of the molecule is COc1ccc(CCc2c(C#N)ncn2C)cc1C. The standard InChI is InChI=1S/C15H17N3O/c1-11-8-12(5-7-15(11)19-3)4-6-14-13(9-16)17-10-18(14)2/h5,7-8,10H,4,6H2,1-3H3. The first-order chi connectivity index (χ1) is 9.15. The molecular formula is C15H17N3O. The van der Waals surface area contributed by atoms with Gasteiger partial charge in [0.15, 0.2) is 5.69 Å². The van der Waals surface area contributed by atoms with Crippen LogP contribution >= 0.6 is 0 Å². The Morgan fingerprint density at radius 3 is 2.79 bits per heavy atom. The van der Waals surface area contributed by atoms with Crippen LogP contribution in [0.1, 0.15) is 22.5 Å². The minimum atomic E-state index is 0.521. The number of hydrogen-bond acceptors (Lipinski definition) is 3. The van der Waals surface area contributed by atoms with Gasteiger partial charge in [0, 0.05) is 7.05 Å². The highest BCUT2D eigenvalue weighted by Gasteiger charge is 2.08. The van der Waals surface area contributed by atoms with Gasteiger partial charge in [-0.15, -0.1) is 0 Å². The molecule has 4 nitrogen and oxygen atoms in total. The first-order valence-electron chi connectivity index (χ1n) is 6.19. The Labute approximate surface area is 113 Å². The second-order valence-electron chi connectivity index (χ2n) is 4.57. The first-order valence-corrected chi connectivity index (χ1v) is 6.19. The van der Waals surface area contributed by atoms with Crippen molar-refractivity contribution in [3.63, 3.8) is 0 Å². The maximum absolute atomic E-state index is 9.00. The van der Waals surface area contributed by atoms with Crippen molar-refractivity contribution in [3.8, 4) is 11.8 Å². The third kappa shape index (κ3) is 2.76. The number of ether oxygens (including phenoxy) is 1. The lowest BCUT2D eigenvalue weighted by Crippen LogP contribution is -2.01. The predicted molar refractivity (Wildman–Crippen MR) is 73.1 cm³/mol. The summed E-state index contributed by atoms with van der Waals surface area (Å²) in [6, 6.07) is 8.31. The molecule has 1 aromatic heterocycles. The zero-order valence-corrected chi connectivity index (χ0v) is 11.5. The number of imidazole rings is 1. The predicted octanol–water partition coefficient (Wildman–Crippen LogP) is 2.39. The van der Waals surface area contributed by atoms with Gasteiger partial charge >= 0.3 is 0 Å². The highest BCUT2D eigenvalue weighted by molar-refractivity contribution is 5.36. The summed E-state index contributed by atoms with van der Waals surface area (Å²) in [4.78, 5) is 4.07. The Balaban J connectivity index is 2.13. The molecule has 19 heavy (non-hydrogen) atoms. The van der Waals surface area contributed by atoms with E-state index in [2.05, 4.69) is 23.2 Å². The van der Waals surface area contributed by atoms with Crippen LogP contribution in [0.2, 0.25) is 0 Å². The molecule has 0 saturated heterocycles. The molecule has 0 aliphatic rings. The number of rotatable bonds is 4. The summed E-state index contributed by atoms with van der Waals surface area (Å²) in [5, 5.41) is 9.00. The number of nitrogens with zero attached hydrogens (tertiary/aromatic N) is 3. The lowest BCUT2D eigenvalue weighted by atomic mass is 10.0. The van der Waals surface area contributed by atoms with E-state index in [4.69, 9.17) is 10.00 Å². The monoisotopic (exact) mass is 255 g/mol. The molecule has 0 radical (unpaired) electrons. The first kappa shape index (κ1) is 13.2. The van der Waals surface area contributed by atoms with E-state index in [0.29, 0.717) is 5.69 Å². The van der Waals surface area contributed by atoms with Crippen molar-refractivity contribution >= 4 is 0 Å². The van der Waals surface area contributed by atoms with E-state index in [9.17, 15) is 0 Å². The van der Waals surface area contributed by atoms with Gasteiger partial charge < -0.3 is 9.30 Å². The van der Waals surface area contributed by atoms with Gasteiger partial charge in [0.05, 0.1) is 19.1 Å². The zero-order chi connectivity index (χ0) is 13.8. The molecule has 0 spiro atoms. The second-order valence-corrected chi connectivity index (χ2v) is 4.57. The molecule has 4 heteroatoms. The van der Waals surface area contributed by atoms with Crippen molar-refractivity contribution in [1.29, 1.82) is 5.26 Å². The van der Waals surface area contributed by atoms with Crippen LogP contribution in [0.4, 0.5) is 0 Å². The summed E-state index contributed by atoms with van der Waals surface area (Å²) >= 11 is 0. The van der Waals surface area contributed by atoms with E-state index in [1.54, 1.807) is 13.4 Å². The van der Waals surface area contributed by atoms with Crippen LogP contribution < -0.4 is 4.74 Å². The summed E-state index contributed by atoms with van der Waals surface area (Å²) in [6.07, 6.45) is 3.39. The molecular weight excluding hydrogens is 238 g/mol. The fraction of sp³-hybridized carbons (Fsp3) is 0.333. The highest BCUT2D eigenvalue weighted by Crippen LogP contribution is 2.19. The van der Waals surface area contributed by atoms with Crippen LogP contribution in [0.15, 0.2) is 24.5 Å². The molecule has 0 fully saturated rings. The van der Waals surface area contributed by atoms with Gasteiger partial charge in [-0.1, -0.05) is 12.1 Å². The molecule has 98 valence electrons. The van der Waals surface area contributed by atoms with Gasteiger partial charge in [-0.25, -0.2) is 4.98 Å². The summed E-state index contributed by atoms with van der Waals surface area (Å²) in [5.74, 6) is 0.905. The van der Waals surface area contributed by atoms with Crippen molar-refractivity contribution in [2.45, 2.75) is 19.8 Å². The summed E-state index contributed by atoms with van der Waals surface area (Å²) < 4.78 is 7.16. The van der Waals surface area contributed by atoms with E-state index in [0.717, 1.165) is 29.8 Å². The van der Waals surface area contributed by atoms with Crippen molar-refractivity contribution < 1.29 is 4.74 Å². The number of benzene rings is 1. The molecule has 1 aromatic carbocycles. The van der Waals surface area contributed by atoms with E-state index < -0.39 is 0 Å². The fourth-order valence-electron chi connectivity index (χ4n) is 2.20. The van der Waals surface area contributed by atoms with Gasteiger partial charge in [0.1, 0.15) is 11.8 Å². The Morgan fingerprint density at radius 1 is 1.37 bits per heavy atom. The molecule has 0 aliphatic heterocycles. The van der Waals surface area contributed by atoms with Gasteiger partial charge in [-0.2, -0.15) is 5.26 Å². The fourth-order valence-corrected chi connectivity index (χ4v) is 2.20. The minimum Gasteiger partial charge on any atom is -0.496 e. The van der Waals surface area contributed by atoms with Crippen molar-refractivity contribution in [1.82, 2.24) is 9.55 Å². The van der Waals surface area contributed by atoms with Crippen LogP contribution in [0.5, 0.6) is 5.75 Å². The molecule has 1 heterocycles. The zero-order valence-electron chi connectivity index (χ0n) is 11.5. The Bertz CT molecular complexity index is 623. The largest absolute Gasteiger partial charge is 0.496 e. The third-order valence-electron chi connectivity index (χ3n) is 3.27. The maximum Gasteiger partial charge on any atom is 0.161 e. The smallest absolute Gasteiger partial charge is 0.161 e. The average Bonchev–Trinajstić information content (AvgIpc) is 2.77. The van der Waals surface area contributed by atoms with Crippen LogP contribution in [0.25, 0.3) is 0 Å². The van der Waals surface area contributed by atoms with Crippen molar-refractivity contribution in [3.05, 3.63) is 47.0 Å². The lowest BCUT2D eigenvalue weighted by Gasteiger charge is -2.08. The molecule has 2 rings (SSSR count). The van der Waals surface area contributed by atoms with Gasteiger partial charge in [0.2, 0.25) is 0 Å². The van der Waals surface area contributed by atoms with Gasteiger partial charge in [-0.3, -0.25) is 0 Å². The summed E-state index contributed by atoms with van der Waals surface area (Å²) in [6.45, 7) is 2.03. The van der Waals surface area contributed by atoms with E-state index >= 15 is 0 Å². The number of hydrogen-bond donors (Lipinski definition) is 0. The molecule has 0 N–H and O–H groups in total. The average molecular weight is 255 g/mol. The van der Waals surface area contributed by atoms with Crippen molar-refractivity contribution in [2.24, 2.45) is 7.05 Å². The molecule has 0 amide bonds. The lowest BCUT2D eigenvalue weighted by molar-refractivity contribution is 0.411. The van der Waals surface area contributed by atoms with Crippen LogP contribution in [-0.2, 0) is 19.9 Å². The van der Waals surface area contributed by atoms with Crippen LogP contribution in [-0.4, -0.2) is 16.7 Å². The maximum atomic E-state index is 9.00. The van der Waals surface area contributed by atoms with E-state index in [1.807, 2.05) is 24.6 Å². The van der Waals surface area contributed by atoms with Gasteiger partial charge in [-0.05, 0) is 37.0 Å². The summed E-state index contributed by atoms with van der Waals surface area (Å²) in [7, 11) is 3.60. The normalized spacial score (nSPS) is 10.2. The molecule has 0 aliphatic carbocycles. The quantitative estimate of drug-likeness (QED) is 0.843. The van der Waals surface area contributed by atoms with E-state index in [-0.39, 0.29) is 0 Å². The Hall–Kier alpha value is -2.28. The number of aromatic nitrogens is 2. The number of nitriles is 1. The molecule has 0 bridgehead atoms.